The van der Waals surface area contributed by atoms with Crippen LogP contribution < -0.4 is 16.8 Å². The average molecular weight is 208 g/mol. The molecule has 0 spiro atoms. The Hall–Kier alpha value is -1.46. The van der Waals surface area contributed by atoms with E-state index < -0.39 is 11.9 Å². The third-order valence-electron chi connectivity index (χ3n) is 2.19. The van der Waals surface area contributed by atoms with Crippen LogP contribution in [0.4, 0.5) is 0 Å². The fourth-order valence-corrected chi connectivity index (χ4v) is 1.15. The molecule has 5 N–H and O–H groups in total. The number of nitrogens with one attached hydrogen (secondary N) is 1. The van der Waals surface area contributed by atoms with E-state index in [0.29, 0.717) is 6.54 Å². The van der Waals surface area contributed by atoms with Crippen LogP contribution in [0.5, 0.6) is 0 Å². The lowest BCUT2D eigenvalue weighted by atomic mass is 10.1. The van der Waals surface area contributed by atoms with E-state index >= 15 is 0 Å². The fraction of sp³-hybridized carbons (Fsp3) is 0.400. The smallest absolute Gasteiger partial charge is 0.235 e. The molecule has 0 aliphatic heterocycles. The minimum Gasteiger partial charge on any atom is -0.368 e. The van der Waals surface area contributed by atoms with Crippen molar-refractivity contribution in [3.8, 4) is 0 Å². The molecule has 0 aliphatic rings. The number of aromatic nitrogens is 1. The van der Waals surface area contributed by atoms with Gasteiger partial charge in [0.05, 0.1) is 6.04 Å². The van der Waals surface area contributed by atoms with Gasteiger partial charge in [-0.3, -0.25) is 9.78 Å². The number of hydrogen-bond donors (Lipinski definition) is 3. The van der Waals surface area contributed by atoms with E-state index in [1.807, 2.05) is 19.1 Å². The molecule has 0 saturated carbocycles. The number of rotatable bonds is 5. The monoisotopic (exact) mass is 208 g/mol. The van der Waals surface area contributed by atoms with Crippen LogP contribution in [-0.2, 0) is 4.79 Å². The highest BCUT2D eigenvalue weighted by Gasteiger charge is 2.11. The summed E-state index contributed by atoms with van der Waals surface area (Å²) in [5.74, 6) is -0.499. The SMILES string of the molecule is C[C@@H](NCC(N)C(N)=O)c1cccnc1. The van der Waals surface area contributed by atoms with Crippen molar-refractivity contribution in [2.45, 2.75) is 19.0 Å². The van der Waals surface area contributed by atoms with Gasteiger partial charge in [-0.1, -0.05) is 6.07 Å². The Balaban J connectivity index is 2.43. The van der Waals surface area contributed by atoms with E-state index in [1.54, 1.807) is 12.4 Å². The summed E-state index contributed by atoms with van der Waals surface area (Å²) < 4.78 is 0. The van der Waals surface area contributed by atoms with Crippen LogP contribution in [0.2, 0.25) is 0 Å². The first-order valence-electron chi connectivity index (χ1n) is 4.79. The highest BCUT2D eigenvalue weighted by Crippen LogP contribution is 2.08. The minimum absolute atomic E-state index is 0.101. The molecule has 1 heterocycles. The molecule has 1 rings (SSSR count). The lowest BCUT2D eigenvalue weighted by Crippen LogP contribution is -2.44. The maximum absolute atomic E-state index is 10.7. The molecule has 1 aromatic rings. The number of pyridine rings is 1. The van der Waals surface area contributed by atoms with Crippen molar-refractivity contribution >= 4 is 5.91 Å². The van der Waals surface area contributed by atoms with Crippen LogP contribution in [0, 0.1) is 0 Å². The molecule has 5 nitrogen and oxygen atoms in total. The number of hydrogen-bond acceptors (Lipinski definition) is 4. The summed E-state index contributed by atoms with van der Waals surface area (Å²) in [5.41, 5.74) is 11.6. The summed E-state index contributed by atoms with van der Waals surface area (Å²) in [7, 11) is 0. The van der Waals surface area contributed by atoms with Crippen LogP contribution in [-0.4, -0.2) is 23.5 Å². The number of primary amides is 1. The van der Waals surface area contributed by atoms with Crippen LogP contribution in [0.25, 0.3) is 0 Å². The van der Waals surface area contributed by atoms with Gasteiger partial charge >= 0.3 is 0 Å². The highest BCUT2D eigenvalue weighted by atomic mass is 16.1. The van der Waals surface area contributed by atoms with E-state index in [9.17, 15) is 4.79 Å². The van der Waals surface area contributed by atoms with Gasteiger partial charge in [-0.05, 0) is 18.6 Å². The molecule has 0 aromatic carbocycles. The zero-order valence-electron chi connectivity index (χ0n) is 8.68. The molecule has 0 bridgehead atoms. The normalized spacial score (nSPS) is 14.5. The molecule has 0 fully saturated rings. The molecule has 0 aliphatic carbocycles. The van der Waals surface area contributed by atoms with Crippen molar-refractivity contribution in [2.75, 3.05) is 6.54 Å². The Morgan fingerprint density at radius 1 is 1.67 bits per heavy atom. The molecule has 0 saturated heterocycles. The molecule has 5 heteroatoms. The van der Waals surface area contributed by atoms with Gasteiger partial charge in [0.25, 0.3) is 0 Å². The lowest BCUT2D eigenvalue weighted by molar-refractivity contribution is -0.119. The van der Waals surface area contributed by atoms with Crippen molar-refractivity contribution in [3.05, 3.63) is 30.1 Å². The fourth-order valence-electron chi connectivity index (χ4n) is 1.15. The van der Waals surface area contributed by atoms with Crippen molar-refractivity contribution < 1.29 is 4.79 Å². The third-order valence-corrected chi connectivity index (χ3v) is 2.19. The number of carbonyl (C=O) groups is 1. The van der Waals surface area contributed by atoms with Gasteiger partial charge in [-0.15, -0.1) is 0 Å². The molecular weight excluding hydrogens is 192 g/mol. The van der Waals surface area contributed by atoms with E-state index in [2.05, 4.69) is 10.3 Å². The van der Waals surface area contributed by atoms with E-state index in [1.165, 1.54) is 0 Å². The standard InChI is InChI=1S/C10H16N4O/c1-7(8-3-2-4-13-5-8)14-6-9(11)10(12)15/h2-5,7,9,14H,6,11H2,1H3,(H2,12,15)/t7-,9?/m1/s1. The maximum Gasteiger partial charge on any atom is 0.235 e. The lowest BCUT2D eigenvalue weighted by Gasteiger charge is -2.15. The van der Waals surface area contributed by atoms with Crippen molar-refractivity contribution in [1.82, 2.24) is 10.3 Å². The highest BCUT2D eigenvalue weighted by molar-refractivity contribution is 5.79. The minimum atomic E-state index is -0.649. The summed E-state index contributed by atoms with van der Waals surface area (Å²) in [6.07, 6.45) is 3.48. The summed E-state index contributed by atoms with van der Waals surface area (Å²) >= 11 is 0. The second-order valence-electron chi connectivity index (χ2n) is 3.43. The van der Waals surface area contributed by atoms with Crippen molar-refractivity contribution in [2.24, 2.45) is 11.5 Å². The largest absolute Gasteiger partial charge is 0.368 e. The zero-order chi connectivity index (χ0) is 11.3. The topological polar surface area (TPSA) is 94.0 Å². The maximum atomic E-state index is 10.7. The first-order valence-corrected chi connectivity index (χ1v) is 4.79. The van der Waals surface area contributed by atoms with Gasteiger partial charge in [0.15, 0.2) is 0 Å². The second-order valence-corrected chi connectivity index (χ2v) is 3.43. The van der Waals surface area contributed by atoms with Gasteiger partial charge in [0.1, 0.15) is 0 Å². The zero-order valence-corrected chi connectivity index (χ0v) is 8.68. The summed E-state index contributed by atoms with van der Waals surface area (Å²) in [5, 5.41) is 3.11. The van der Waals surface area contributed by atoms with Crippen LogP contribution in [0.1, 0.15) is 18.5 Å². The molecule has 15 heavy (non-hydrogen) atoms. The van der Waals surface area contributed by atoms with E-state index in [4.69, 9.17) is 11.5 Å². The van der Waals surface area contributed by atoms with Crippen molar-refractivity contribution in [1.29, 1.82) is 0 Å². The molecule has 1 aromatic heterocycles. The van der Waals surface area contributed by atoms with E-state index in [0.717, 1.165) is 5.56 Å². The second kappa shape index (κ2) is 5.43. The summed E-state index contributed by atoms with van der Waals surface area (Å²) in [6.45, 7) is 2.34. The third kappa shape index (κ3) is 3.65. The Labute approximate surface area is 88.9 Å². The van der Waals surface area contributed by atoms with Gasteiger partial charge in [-0.2, -0.15) is 0 Å². The predicted octanol–water partition coefficient (Wildman–Crippen LogP) is -0.455. The summed E-state index contributed by atoms with van der Waals surface area (Å²) in [6, 6.07) is 3.27. The molecule has 1 amide bonds. The Morgan fingerprint density at radius 2 is 2.40 bits per heavy atom. The predicted molar refractivity (Wildman–Crippen MR) is 57.8 cm³/mol. The number of nitrogens with zero attached hydrogens (tertiary/aromatic N) is 1. The van der Waals surface area contributed by atoms with Gasteiger partial charge in [0.2, 0.25) is 5.91 Å². The average Bonchev–Trinajstić information content (AvgIpc) is 2.26. The number of amides is 1. The molecule has 2 atom stereocenters. The van der Waals surface area contributed by atoms with Crippen LogP contribution in [0.3, 0.4) is 0 Å². The van der Waals surface area contributed by atoms with Crippen molar-refractivity contribution in [3.63, 3.8) is 0 Å². The van der Waals surface area contributed by atoms with E-state index in [-0.39, 0.29) is 6.04 Å². The van der Waals surface area contributed by atoms with Gasteiger partial charge < -0.3 is 16.8 Å². The molecule has 1 unspecified atom stereocenters. The number of nitrogens with two attached hydrogens (primary N) is 2. The Kier molecular flexibility index (Phi) is 4.20. The van der Waals surface area contributed by atoms with Gasteiger partial charge in [0, 0.05) is 25.0 Å². The first-order chi connectivity index (χ1) is 7.11. The Bertz CT molecular complexity index is 314. The quantitative estimate of drug-likeness (QED) is 0.610. The molecule has 0 radical (unpaired) electrons. The molecule has 82 valence electrons. The first kappa shape index (κ1) is 11.6. The molecular formula is C10H16N4O. The van der Waals surface area contributed by atoms with Crippen LogP contribution >= 0.6 is 0 Å². The van der Waals surface area contributed by atoms with Crippen LogP contribution in [0.15, 0.2) is 24.5 Å². The number of carbonyl (C=O) groups excluding carboxylic acids is 1. The Morgan fingerprint density at radius 3 is 2.93 bits per heavy atom. The van der Waals surface area contributed by atoms with Gasteiger partial charge in [-0.25, -0.2) is 0 Å². The summed E-state index contributed by atoms with van der Waals surface area (Å²) in [4.78, 5) is 14.7.